The zero-order valence-electron chi connectivity index (χ0n) is 16.0. The standard InChI is InChI=1S/C21H24ClFN4O2/c22-18-8-3-2-7-17(18)21(29)25-24-20(28)15-27-11-5-10-26(12-13-27)14-16-6-1-4-9-19(16)23/h1-4,6-9H,5,10-15H2,(H,24,28)(H,25,29). The molecule has 6 nitrogen and oxygen atoms in total. The fraction of sp³-hybridized carbons (Fsp3) is 0.333. The van der Waals surface area contributed by atoms with Crippen LogP contribution in [-0.4, -0.2) is 54.3 Å². The van der Waals surface area contributed by atoms with Crippen LogP contribution in [0.3, 0.4) is 0 Å². The molecule has 2 aromatic rings. The summed E-state index contributed by atoms with van der Waals surface area (Å²) >= 11 is 5.98. The number of nitrogens with one attached hydrogen (secondary N) is 2. The van der Waals surface area contributed by atoms with Gasteiger partial charge in [0.15, 0.2) is 0 Å². The molecule has 1 aliphatic rings. The molecule has 0 spiro atoms. The van der Waals surface area contributed by atoms with Crippen molar-refractivity contribution in [2.45, 2.75) is 13.0 Å². The molecule has 0 radical (unpaired) electrons. The third-order valence-electron chi connectivity index (χ3n) is 4.83. The average molecular weight is 419 g/mol. The number of nitrogens with zero attached hydrogens (tertiary/aromatic N) is 2. The molecular weight excluding hydrogens is 395 g/mol. The van der Waals surface area contributed by atoms with Crippen LogP contribution in [-0.2, 0) is 11.3 Å². The highest BCUT2D eigenvalue weighted by atomic mass is 35.5. The van der Waals surface area contributed by atoms with Crippen molar-refractivity contribution in [2.24, 2.45) is 0 Å². The zero-order valence-corrected chi connectivity index (χ0v) is 16.8. The number of amides is 2. The van der Waals surface area contributed by atoms with Crippen LogP contribution in [0.2, 0.25) is 5.02 Å². The molecule has 8 heteroatoms. The second-order valence-corrected chi connectivity index (χ2v) is 7.39. The van der Waals surface area contributed by atoms with E-state index in [0.29, 0.717) is 29.2 Å². The summed E-state index contributed by atoms with van der Waals surface area (Å²) in [6.45, 7) is 3.78. The largest absolute Gasteiger partial charge is 0.298 e. The van der Waals surface area contributed by atoms with Crippen LogP contribution in [0.25, 0.3) is 0 Å². The second kappa shape index (κ2) is 10.3. The molecule has 2 N–H and O–H groups in total. The van der Waals surface area contributed by atoms with Gasteiger partial charge in [-0.1, -0.05) is 41.9 Å². The van der Waals surface area contributed by atoms with E-state index in [-0.39, 0.29) is 18.3 Å². The Morgan fingerprint density at radius 3 is 2.41 bits per heavy atom. The molecule has 1 aliphatic heterocycles. The summed E-state index contributed by atoms with van der Waals surface area (Å²) in [7, 11) is 0. The number of halogens is 2. The molecule has 1 saturated heterocycles. The molecule has 1 fully saturated rings. The van der Waals surface area contributed by atoms with E-state index in [1.54, 1.807) is 36.4 Å². The Morgan fingerprint density at radius 1 is 0.931 bits per heavy atom. The summed E-state index contributed by atoms with van der Waals surface area (Å²) < 4.78 is 13.9. The third-order valence-corrected chi connectivity index (χ3v) is 5.16. The van der Waals surface area contributed by atoms with E-state index in [4.69, 9.17) is 11.6 Å². The van der Waals surface area contributed by atoms with E-state index in [1.807, 2.05) is 11.0 Å². The van der Waals surface area contributed by atoms with Crippen molar-refractivity contribution < 1.29 is 14.0 Å². The Labute approximate surface area is 174 Å². The fourth-order valence-electron chi connectivity index (χ4n) is 3.29. The second-order valence-electron chi connectivity index (χ2n) is 6.98. The highest BCUT2D eigenvalue weighted by Gasteiger charge is 2.18. The lowest BCUT2D eigenvalue weighted by atomic mass is 10.2. The average Bonchev–Trinajstić information content (AvgIpc) is 2.93. The first-order valence-corrected chi connectivity index (χ1v) is 9.92. The number of carbonyl (C=O) groups excluding carboxylic acids is 2. The Kier molecular flexibility index (Phi) is 7.57. The topological polar surface area (TPSA) is 64.7 Å². The highest BCUT2D eigenvalue weighted by Crippen LogP contribution is 2.14. The summed E-state index contributed by atoms with van der Waals surface area (Å²) in [5.41, 5.74) is 5.80. The Morgan fingerprint density at radius 2 is 1.62 bits per heavy atom. The SMILES string of the molecule is O=C(CN1CCCN(Cc2ccccc2F)CC1)NNC(=O)c1ccccc1Cl. The van der Waals surface area contributed by atoms with Gasteiger partial charge in [-0.3, -0.25) is 30.2 Å². The smallest absolute Gasteiger partial charge is 0.271 e. The Hall–Kier alpha value is -2.48. The van der Waals surface area contributed by atoms with E-state index in [9.17, 15) is 14.0 Å². The van der Waals surface area contributed by atoms with Gasteiger partial charge in [0.2, 0.25) is 0 Å². The summed E-state index contributed by atoms with van der Waals surface area (Å²) in [5.74, 6) is -0.953. The molecule has 0 saturated carbocycles. The minimum Gasteiger partial charge on any atom is -0.298 e. The monoisotopic (exact) mass is 418 g/mol. The first kappa shape index (κ1) is 21.2. The summed E-state index contributed by atoms with van der Waals surface area (Å²) in [4.78, 5) is 28.5. The maximum atomic E-state index is 13.9. The normalized spacial score (nSPS) is 15.5. The van der Waals surface area contributed by atoms with Gasteiger partial charge in [-0.15, -0.1) is 0 Å². The summed E-state index contributed by atoms with van der Waals surface area (Å²) in [6.07, 6.45) is 0.883. The molecule has 1 heterocycles. The van der Waals surface area contributed by atoms with Crippen LogP contribution in [0.15, 0.2) is 48.5 Å². The third kappa shape index (κ3) is 6.25. The number of rotatable bonds is 5. The molecule has 29 heavy (non-hydrogen) atoms. The Balaban J connectivity index is 1.44. The van der Waals surface area contributed by atoms with Crippen molar-refractivity contribution in [3.8, 4) is 0 Å². The van der Waals surface area contributed by atoms with Crippen molar-refractivity contribution in [3.05, 3.63) is 70.5 Å². The molecule has 2 amide bonds. The minimum absolute atomic E-state index is 0.177. The van der Waals surface area contributed by atoms with E-state index >= 15 is 0 Å². The van der Waals surface area contributed by atoms with Gasteiger partial charge >= 0.3 is 0 Å². The van der Waals surface area contributed by atoms with Crippen LogP contribution >= 0.6 is 11.6 Å². The number of hydrogen-bond acceptors (Lipinski definition) is 4. The van der Waals surface area contributed by atoms with E-state index < -0.39 is 5.91 Å². The van der Waals surface area contributed by atoms with Crippen LogP contribution in [0, 0.1) is 5.82 Å². The van der Waals surface area contributed by atoms with E-state index in [0.717, 1.165) is 26.1 Å². The Bertz CT molecular complexity index is 864. The first-order valence-electron chi connectivity index (χ1n) is 9.55. The van der Waals surface area contributed by atoms with Crippen LogP contribution in [0.5, 0.6) is 0 Å². The highest BCUT2D eigenvalue weighted by molar-refractivity contribution is 6.33. The number of hydrogen-bond donors (Lipinski definition) is 2. The molecule has 0 atom stereocenters. The van der Waals surface area contributed by atoms with Crippen LogP contribution in [0.1, 0.15) is 22.3 Å². The lowest BCUT2D eigenvalue weighted by molar-refractivity contribution is -0.123. The van der Waals surface area contributed by atoms with Crippen molar-refractivity contribution in [1.82, 2.24) is 20.7 Å². The van der Waals surface area contributed by atoms with E-state index in [2.05, 4.69) is 15.8 Å². The van der Waals surface area contributed by atoms with Gasteiger partial charge in [-0.2, -0.15) is 0 Å². The molecule has 2 aromatic carbocycles. The molecular formula is C21H24ClFN4O2. The molecule has 0 unspecified atom stereocenters. The van der Waals surface area contributed by atoms with Gasteiger partial charge in [0.1, 0.15) is 5.82 Å². The van der Waals surface area contributed by atoms with Gasteiger partial charge in [0.25, 0.3) is 11.8 Å². The van der Waals surface area contributed by atoms with Gasteiger partial charge in [0, 0.05) is 25.2 Å². The summed E-state index contributed by atoms with van der Waals surface area (Å²) in [5, 5.41) is 0.321. The molecule has 0 bridgehead atoms. The molecule has 0 aromatic heterocycles. The minimum atomic E-state index is -0.462. The number of benzene rings is 2. The predicted molar refractivity (Wildman–Crippen MR) is 110 cm³/mol. The predicted octanol–water partition coefficient (Wildman–Crippen LogP) is 2.45. The van der Waals surface area contributed by atoms with Crippen molar-refractivity contribution in [3.63, 3.8) is 0 Å². The molecule has 0 aliphatic carbocycles. The van der Waals surface area contributed by atoms with E-state index in [1.165, 1.54) is 6.07 Å². The fourth-order valence-corrected chi connectivity index (χ4v) is 3.51. The van der Waals surface area contributed by atoms with Crippen molar-refractivity contribution >= 4 is 23.4 Å². The maximum Gasteiger partial charge on any atom is 0.271 e. The van der Waals surface area contributed by atoms with Crippen LogP contribution < -0.4 is 10.9 Å². The quantitative estimate of drug-likeness (QED) is 0.732. The number of carbonyl (C=O) groups is 2. The lowest BCUT2D eigenvalue weighted by Gasteiger charge is -2.21. The van der Waals surface area contributed by atoms with Gasteiger partial charge in [-0.25, -0.2) is 4.39 Å². The lowest BCUT2D eigenvalue weighted by Crippen LogP contribution is -2.47. The molecule has 154 valence electrons. The van der Waals surface area contributed by atoms with Crippen LogP contribution in [0.4, 0.5) is 4.39 Å². The van der Waals surface area contributed by atoms with Gasteiger partial charge in [-0.05, 0) is 37.7 Å². The zero-order chi connectivity index (χ0) is 20.6. The maximum absolute atomic E-state index is 13.9. The van der Waals surface area contributed by atoms with Gasteiger partial charge < -0.3 is 0 Å². The van der Waals surface area contributed by atoms with Crippen molar-refractivity contribution in [1.29, 1.82) is 0 Å². The van der Waals surface area contributed by atoms with Crippen molar-refractivity contribution in [2.75, 3.05) is 32.7 Å². The molecule has 3 rings (SSSR count). The summed E-state index contributed by atoms with van der Waals surface area (Å²) in [6, 6.07) is 13.4. The number of hydrazine groups is 1. The first-order chi connectivity index (χ1) is 14.0. The van der Waals surface area contributed by atoms with Gasteiger partial charge in [0.05, 0.1) is 17.1 Å².